The van der Waals surface area contributed by atoms with Gasteiger partial charge in [0, 0.05) is 12.3 Å². The van der Waals surface area contributed by atoms with E-state index >= 15 is 0 Å². The molecular weight excluding hydrogens is 234 g/mol. The van der Waals surface area contributed by atoms with Crippen LogP contribution < -0.4 is 0 Å². The SMILES string of the molecule is O=C1CC(c2ccc(F)cc2)c2cccc(F)c21. The van der Waals surface area contributed by atoms with Gasteiger partial charge in [0.15, 0.2) is 5.78 Å². The van der Waals surface area contributed by atoms with Crippen LogP contribution in [0, 0.1) is 11.6 Å². The zero-order valence-electron chi connectivity index (χ0n) is 9.49. The van der Waals surface area contributed by atoms with Gasteiger partial charge in [-0.2, -0.15) is 0 Å². The quantitative estimate of drug-likeness (QED) is 0.747. The molecule has 0 saturated heterocycles. The first-order valence-corrected chi connectivity index (χ1v) is 5.74. The summed E-state index contributed by atoms with van der Waals surface area (Å²) in [5, 5.41) is 0. The summed E-state index contributed by atoms with van der Waals surface area (Å²) < 4.78 is 26.5. The Kier molecular flexibility index (Phi) is 2.47. The smallest absolute Gasteiger partial charge is 0.167 e. The Morgan fingerprint density at radius 2 is 1.72 bits per heavy atom. The van der Waals surface area contributed by atoms with E-state index in [2.05, 4.69) is 0 Å². The van der Waals surface area contributed by atoms with Crippen molar-refractivity contribution in [2.45, 2.75) is 12.3 Å². The van der Waals surface area contributed by atoms with Gasteiger partial charge in [0.1, 0.15) is 11.6 Å². The van der Waals surface area contributed by atoms with E-state index in [-0.39, 0.29) is 29.5 Å². The first kappa shape index (κ1) is 11.1. The average molecular weight is 244 g/mol. The summed E-state index contributed by atoms with van der Waals surface area (Å²) in [4.78, 5) is 11.8. The van der Waals surface area contributed by atoms with Crippen LogP contribution in [0.25, 0.3) is 0 Å². The molecule has 0 spiro atoms. The number of halogens is 2. The van der Waals surface area contributed by atoms with Crippen molar-refractivity contribution in [3.05, 3.63) is 70.8 Å². The Hall–Kier alpha value is -2.03. The van der Waals surface area contributed by atoms with Gasteiger partial charge in [-0.3, -0.25) is 4.79 Å². The minimum absolute atomic E-state index is 0.163. The van der Waals surface area contributed by atoms with Crippen molar-refractivity contribution in [1.29, 1.82) is 0 Å². The van der Waals surface area contributed by atoms with Crippen LogP contribution in [0.5, 0.6) is 0 Å². The molecule has 1 unspecified atom stereocenters. The van der Waals surface area contributed by atoms with Gasteiger partial charge < -0.3 is 0 Å². The standard InChI is InChI=1S/C15H10F2O/c16-10-6-4-9(5-7-10)12-8-14(18)15-11(12)2-1-3-13(15)17/h1-7,12H,8H2. The highest BCUT2D eigenvalue weighted by Crippen LogP contribution is 2.38. The van der Waals surface area contributed by atoms with E-state index in [1.807, 2.05) is 0 Å². The number of hydrogen-bond donors (Lipinski definition) is 0. The fraction of sp³-hybridized carbons (Fsp3) is 0.133. The average Bonchev–Trinajstić information content (AvgIpc) is 2.69. The minimum atomic E-state index is -0.470. The molecule has 0 bridgehead atoms. The molecule has 18 heavy (non-hydrogen) atoms. The Bertz CT molecular complexity index is 617. The van der Waals surface area contributed by atoms with Gasteiger partial charge in [-0.15, -0.1) is 0 Å². The van der Waals surface area contributed by atoms with E-state index < -0.39 is 5.82 Å². The lowest BCUT2D eigenvalue weighted by Crippen LogP contribution is -1.96. The summed E-state index contributed by atoms with van der Waals surface area (Å²) in [5.41, 5.74) is 1.73. The molecule has 2 aromatic rings. The highest BCUT2D eigenvalue weighted by atomic mass is 19.1. The number of rotatable bonds is 1. The van der Waals surface area contributed by atoms with Crippen LogP contribution in [0.1, 0.15) is 33.8 Å². The molecule has 3 rings (SSSR count). The molecule has 0 radical (unpaired) electrons. The van der Waals surface area contributed by atoms with Crippen LogP contribution in [-0.4, -0.2) is 5.78 Å². The van der Waals surface area contributed by atoms with E-state index in [9.17, 15) is 13.6 Å². The molecule has 3 heteroatoms. The van der Waals surface area contributed by atoms with Crippen molar-refractivity contribution in [2.75, 3.05) is 0 Å². The number of fused-ring (bicyclic) bond motifs is 1. The number of Topliss-reactive ketones (excluding diaryl/α,β-unsaturated/α-hetero) is 1. The maximum Gasteiger partial charge on any atom is 0.167 e. The van der Waals surface area contributed by atoms with Crippen LogP contribution in [0.2, 0.25) is 0 Å². The normalized spacial score (nSPS) is 17.9. The highest BCUT2D eigenvalue weighted by Gasteiger charge is 2.32. The second-order valence-electron chi connectivity index (χ2n) is 4.44. The molecule has 1 aliphatic rings. The van der Waals surface area contributed by atoms with Gasteiger partial charge in [-0.05, 0) is 29.3 Å². The molecule has 0 aliphatic heterocycles. The Morgan fingerprint density at radius 1 is 1.00 bits per heavy atom. The summed E-state index contributed by atoms with van der Waals surface area (Å²) in [6.45, 7) is 0. The third-order valence-corrected chi connectivity index (χ3v) is 3.36. The van der Waals surface area contributed by atoms with Crippen molar-refractivity contribution in [1.82, 2.24) is 0 Å². The third-order valence-electron chi connectivity index (χ3n) is 3.36. The van der Waals surface area contributed by atoms with Gasteiger partial charge in [-0.25, -0.2) is 8.78 Å². The number of carbonyl (C=O) groups is 1. The topological polar surface area (TPSA) is 17.1 Å². The Balaban J connectivity index is 2.10. The van der Waals surface area contributed by atoms with Gasteiger partial charge in [0.25, 0.3) is 0 Å². The lowest BCUT2D eigenvalue weighted by Gasteiger charge is -2.10. The molecule has 1 aliphatic carbocycles. The van der Waals surface area contributed by atoms with E-state index in [4.69, 9.17) is 0 Å². The van der Waals surface area contributed by atoms with E-state index in [0.29, 0.717) is 5.56 Å². The predicted molar refractivity (Wildman–Crippen MR) is 63.6 cm³/mol. The number of ketones is 1. The molecule has 0 N–H and O–H groups in total. The van der Waals surface area contributed by atoms with Crippen LogP contribution in [0.15, 0.2) is 42.5 Å². The van der Waals surface area contributed by atoms with Gasteiger partial charge >= 0.3 is 0 Å². The number of carbonyl (C=O) groups excluding carboxylic acids is 1. The molecule has 0 aromatic heterocycles. The highest BCUT2D eigenvalue weighted by molar-refractivity contribution is 6.02. The largest absolute Gasteiger partial charge is 0.294 e. The zero-order valence-corrected chi connectivity index (χ0v) is 9.49. The van der Waals surface area contributed by atoms with E-state index in [1.54, 1.807) is 24.3 Å². The van der Waals surface area contributed by atoms with Crippen molar-refractivity contribution >= 4 is 5.78 Å². The van der Waals surface area contributed by atoms with E-state index in [1.165, 1.54) is 18.2 Å². The maximum absolute atomic E-state index is 13.6. The lowest BCUT2D eigenvalue weighted by molar-refractivity contribution is 0.0988. The van der Waals surface area contributed by atoms with E-state index in [0.717, 1.165) is 5.56 Å². The Labute approximate surface area is 103 Å². The van der Waals surface area contributed by atoms with Crippen LogP contribution in [-0.2, 0) is 0 Å². The van der Waals surface area contributed by atoms with Crippen LogP contribution in [0.4, 0.5) is 8.78 Å². The number of hydrogen-bond acceptors (Lipinski definition) is 1. The van der Waals surface area contributed by atoms with Crippen LogP contribution in [0.3, 0.4) is 0 Å². The summed E-state index contributed by atoms with van der Waals surface area (Å²) in [7, 11) is 0. The van der Waals surface area contributed by atoms with Crippen molar-refractivity contribution < 1.29 is 13.6 Å². The van der Waals surface area contributed by atoms with Gasteiger partial charge in [0.2, 0.25) is 0 Å². The molecule has 0 saturated carbocycles. The van der Waals surface area contributed by atoms with Crippen molar-refractivity contribution in [2.24, 2.45) is 0 Å². The second-order valence-corrected chi connectivity index (χ2v) is 4.44. The summed E-state index contributed by atoms with van der Waals surface area (Å²) in [6.07, 6.45) is 0.252. The Morgan fingerprint density at radius 3 is 2.44 bits per heavy atom. The molecule has 0 amide bonds. The van der Waals surface area contributed by atoms with Crippen molar-refractivity contribution in [3.63, 3.8) is 0 Å². The number of benzene rings is 2. The predicted octanol–water partition coefficient (Wildman–Crippen LogP) is 3.68. The molecule has 0 heterocycles. The molecule has 1 nitrogen and oxygen atoms in total. The first-order chi connectivity index (χ1) is 8.66. The maximum atomic E-state index is 13.6. The van der Waals surface area contributed by atoms with Gasteiger partial charge in [0.05, 0.1) is 5.56 Å². The summed E-state index contributed by atoms with van der Waals surface area (Å²) in [6, 6.07) is 10.7. The minimum Gasteiger partial charge on any atom is -0.294 e. The van der Waals surface area contributed by atoms with Crippen LogP contribution >= 0.6 is 0 Å². The zero-order chi connectivity index (χ0) is 12.7. The first-order valence-electron chi connectivity index (χ1n) is 5.74. The third kappa shape index (κ3) is 1.63. The van der Waals surface area contributed by atoms with Crippen molar-refractivity contribution in [3.8, 4) is 0 Å². The molecule has 90 valence electrons. The second kappa shape index (κ2) is 4.02. The summed E-state index contributed by atoms with van der Waals surface area (Å²) in [5.74, 6) is -1.13. The fourth-order valence-corrected chi connectivity index (χ4v) is 2.52. The molecular formula is C15H10F2O. The molecule has 1 atom stereocenters. The molecule has 0 fully saturated rings. The van der Waals surface area contributed by atoms with Gasteiger partial charge in [-0.1, -0.05) is 24.3 Å². The molecule has 2 aromatic carbocycles. The monoisotopic (exact) mass is 244 g/mol. The lowest BCUT2D eigenvalue weighted by atomic mass is 9.93. The summed E-state index contributed by atoms with van der Waals surface area (Å²) >= 11 is 0. The fourth-order valence-electron chi connectivity index (χ4n) is 2.52.